The summed E-state index contributed by atoms with van der Waals surface area (Å²) in [6.45, 7) is 4.04. The second-order valence-electron chi connectivity index (χ2n) is 5.32. The van der Waals surface area contributed by atoms with Crippen LogP contribution in [-0.2, 0) is 0 Å². The summed E-state index contributed by atoms with van der Waals surface area (Å²) >= 11 is 0. The summed E-state index contributed by atoms with van der Waals surface area (Å²) in [5.74, 6) is 0.229. The lowest BCUT2D eigenvalue weighted by molar-refractivity contribution is -0.188. The number of hydrogen-bond acceptors (Lipinski definition) is 2. The van der Waals surface area contributed by atoms with Crippen molar-refractivity contribution in [1.82, 2.24) is 4.90 Å². The Bertz CT molecular complexity index is 222. The lowest BCUT2D eigenvalue weighted by atomic mass is 10.1. The van der Waals surface area contributed by atoms with Gasteiger partial charge in [-0.1, -0.05) is 26.7 Å². The van der Waals surface area contributed by atoms with Crippen LogP contribution in [0.3, 0.4) is 0 Å². The first kappa shape index (κ1) is 14.8. The van der Waals surface area contributed by atoms with E-state index in [-0.39, 0.29) is 18.5 Å². The second kappa shape index (κ2) is 6.05. The zero-order chi connectivity index (χ0) is 13.1. The van der Waals surface area contributed by atoms with E-state index in [0.29, 0.717) is 6.54 Å². The van der Waals surface area contributed by atoms with Gasteiger partial charge in [0.2, 0.25) is 0 Å². The quantitative estimate of drug-likeness (QED) is 0.815. The van der Waals surface area contributed by atoms with Crippen molar-refractivity contribution in [1.29, 1.82) is 0 Å². The fourth-order valence-corrected chi connectivity index (χ4v) is 2.65. The smallest absolute Gasteiger partial charge is 0.329 e. The van der Waals surface area contributed by atoms with Crippen LogP contribution in [0.15, 0.2) is 0 Å². The SMILES string of the molecule is CC(C)CN(C1CCCC1)C(CN)C(F)(F)F. The third-order valence-corrected chi connectivity index (χ3v) is 3.37. The van der Waals surface area contributed by atoms with E-state index in [0.717, 1.165) is 25.7 Å². The van der Waals surface area contributed by atoms with Gasteiger partial charge in [0.25, 0.3) is 0 Å². The molecule has 0 heterocycles. The van der Waals surface area contributed by atoms with Crippen LogP contribution < -0.4 is 5.73 Å². The molecule has 0 aliphatic heterocycles. The Morgan fingerprint density at radius 3 is 2.12 bits per heavy atom. The summed E-state index contributed by atoms with van der Waals surface area (Å²) in [5, 5.41) is 0. The molecule has 17 heavy (non-hydrogen) atoms. The van der Waals surface area contributed by atoms with E-state index in [9.17, 15) is 13.2 Å². The van der Waals surface area contributed by atoms with Crippen LogP contribution in [0.4, 0.5) is 13.2 Å². The highest BCUT2D eigenvalue weighted by molar-refractivity contribution is 4.87. The molecule has 0 aromatic heterocycles. The average Bonchev–Trinajstić information content (AvgIpc) is 2.66. The molecule has 1 fully saturated rings. The lowest BCUT2D eigenvalue weighted by Crippen LogP contribution is -2.54. The molecule has 2 nitrogen and oxygen atoms in total. The standard InChI is InChI=1S/C12H23F3N2/c1-9(2)8-17(10-5-3-4-6-10)11(7-16)12(13,14)15/h9-11H,3-8,16H2,1-2H3. The van der Waals surface area contributed by atoms with Gasteiger partial charge in [-0.2, -0.15) is 13.2 Å². The molecule has 1 unspecified atom stereocenters. The molecule has 5 heteroatoms. The zero-order valence-electron chi connectivity index (χ0n) is 10.6. The molecule has 0 radical (unpaired) electrons. The molecule has 1 aliphatic rings. The van der Waals surface area contributed by atoms with Gasteiger partial charge >= 0.3 is 6.18 Å². The van der Waals surface area contributed by atoms with Crippen LogP contribution in [0.1, 0.15) is 39.5 Å². The molecular formula is C12H23F3N2. The molecule has 1 saturated carbocycles. The third-order valence-electron chi connectivity index (χ3n) is 3.37. The summed E-state index contributed by atoms with van der Waals surface area (Å²) in [6.07, 6.45) is -0.395. The third kappa shape index (κ3) is 4.14. The van der Waals surface area contributed by atoms with E-state index in [4.69, 9.17) is 5.73 Å². The molecule has 0 bridgehead atoms. The molecule has 0 amide bonds. The fraction of sp³-hybridized carbons (Fsp3) is 1.00. The van der Waals surface area contributed by atoms with Crippen LogP contribution in [0, 0.1) is 5.92 Å². The van der Waals surface area contributed by atoms with Gasteiger partial charge in [0, 0.05) is 19.1 Å². The van der Waals surface area contributed by atoms with Gasteiger partial charge in [0.15, 0.2) is 0 Å². The predicted octanol–water partition coefficient (Wildman–Crippen LogP) is 2.78. The van der Waals surface area contributed by atoms with E-state index >= 15 is 0 Å². The number of rotatable bonds is 5. The van der Waals surface area contributed by atoms with Gasteiger partial charge in [-0.15, -0.1) is 0 Å². The second-order valence-corrected chi connectivity index (χ2v) is 5.32. The Balaban J connectivity index is 2.79. The molecule has 1 rings (SSSR count). The van der Waals surface area contributed by atoms with Crippen molar-refractivity contribution in [3.05, 3.63) is 0 Å². The van der Waals surface area contributed by atoms with Crippen LogP contribution in [-0.4, -0.2) is 36.2 Å². The van der Waals surface area contributed by atoms with E-state index in [2.05, 4.69) is 0 Å². The highest BCUT2D eigenvalue weighted by Crippen LogP contribution is 2.32. The molecule has 102 valence electrons. The number of nitrogens with two attached hydrogens (primary N) is 1. The summed E-state index contributed by atoms with van der Waals surface area (Å²) < 4.78 is 38.9. The molecule has 0 aromatic rings. The number of halogens is 3. The first-order valence-electron chi connectivity index (χ1n) is 6.38. The van der Waals surface area contributed by atoms with Crippen LogP contribution in [0.5, 0.6) is 0 Å². The van der Waals surface area contributed by atoms with Crippen molar-refractivity contribution in [2.24, 2.45) is 11.7 Å². The van der Waals surface area contributed by atoms with Crippen LogP contribution in [0.2, 0.25) is 0 Å². The maximum Gasteiger partial charge on any atom is 0.405 e. The largest absolute Gasteiger partial charge is 0.405 e. The Labute approximate surface area is 101 Å². The van der Waals surface area contributed by atoms with Gasteiger partial charge in [-0.3, -0.25) is 4.90 Å². The maximum absolute atomic E-state index is 13.0. The highest BCUT2D eigenvalue weighted by atomic mass is 19.4. The van der Waals surface area contributed by atoms with Gasteiger partial charge in [-0.25, -0.2) is 0 Å². The van der Waals surface area contributed by atoms with E-state index < -0.39 is 12.2 Å². The molecule has 1 aliphatic carbocycles. The number of alkyl halides is 3. The number of hydrogen-bond donors (Lipinski definition) is 1. The zero-order valence-corrected chi connectivity index (χ0v) is 10.6. The van der Waals surface area contributed by atoms with Gasteiger partial charge in [0.1, 0.15) is 6.04 Å². The monoisotopic (exact) mass is 252 g/mol. The van der Waals surface area contributed by atoms with E-state index in [1.807, 2.05) is 13.8 Å². The molecular weight excluding hydrogens is 229 g/mol. The van der Waals surface area contributed by atoms with Gasteiger partial charge in [-0.05, 0) is 18.8 Å². The molecule has 1 atom stereocenters. The van der Waals surface area contributed by atoms with Crippen molar-refractivity contribution < 1.29 is 13.2 Å². The minimum atomic E-state index is -4.22. The maximum atomic E-state index is 13.0. The van der Waals surface area contributed by atoms with Crippen molar-refractivity contribution in [2.45, 2.75) is 57.8 Å². The Morgan fingerprint density at radius 1 is 1.24 bits per heavy atom. The highest BCUT2D eigenvalue weighted by Gasteiger charge is 2.45. The van der Waals surface area contributed by atoms with Gasteiger partial charge < -0.3 is 5.73 Å². The van der Waals surface area contributed by atoms with Crippen LogP contribution >= 0.6 is 0 Å². The lowest BCUT2D eigenvalue weighted by Gasteiger charge is -2.38. The predicted molar refractivity (Wildman–Crippen MR) is 62.7 cm³/mol. The summed E-state index contributed by atoms with van der Waals surface area (Å²) in [6, 6.07) is -1.42. The van der Waals surface area contributed by atoms with E-state index in [1.54, 1.807) is 4.90 Å². The summed E-state index contributed by atoms with van der Waals surface area (Å²) in [4.78, 5) is 1.59. The average molecular weight is 252 g/mol. The molecule has 0 aromatic carbocycles. The first-order valence-corrected chi connectivity index (χ1v) is 6.38. The minimum absolute atomic E-state index is 0.0626. The van der Waals surface area contributed by atoms with Crippen molar-refractivity contribution in [3.8, 4) is 0 Å². The topological polar surface area (TPSA) is 29.3 Å². The Kier molecular flexibility index (Phi) is 5.25. The fourth-order valence-electron chi connectivity index (χ4n) is 2.65. The summed E-state index contributed by atoms with van der Waals surface area (Å²) in [7, 11) is 0. The number of nitrogens with zero attached hydrogens (tertiary/aromatic N) is 1. The molecule has 0 saturated heterocycles. The molecule has 2 N–H and O–H groups in total. The van der Waals surface area contributed by atoms with E-state index in [1.165, 1.54) is 0 Å². The van der Waals surface area contributed by atoms with Gasteiger partial charge in [0.05, 0.1) is 0 Å². The van der Waals surface area contributed by atoms with Crippen molar-refractivity contribution >= 4 is 0 Å². The first-order chi connectivity index (χ1) is 7.86. The van der Waals surface area contributed by atoms with Crippen LogP contribution in [0.25, 0.3) is 0 Å². The molecule has 0 spiro atoms. The minimum Gasteiger partial charge on any atom is -0.329 e. The van der Waals surface area contributed by atoms with Crippen molar-refractivity contribution in [3.63, 3.8) is 0 Å². The normalized spacial score (nSPS) is 20.5. The van der Waals surface area contributed by atoms with Crippen molar-refractivity contribution in [2.75, 3.05) is 13.1 Å². The Morgan fingerprint density at radius 2 is 1.76 bits per heavy atom. The summed E-state index contributed by atoms with van der Waals surface area (Å²) in [5.41, 5.74) is 5.34. The Hall–Kier alpha value is -0.290.